The lowest BCUT2D eigenvalue weighted by Gasteiger charge is -2.28. The van der Waals surface area contributed by atoms with Gasteiger partial charge in [0.2, 0.25) is 0 Å². The minimum Gasteiger partial charge on any atom is -0.380 e. The number of hydrogen-bond donors (Lipinski definition) is 1. The van der Waals surface area contributed by atoms with Crippen LogP contribution in [0.4, 0.5) is 0 Å². The van der Waals surface area contributed by atoms with Gasteiger partial charge in [-0.1, -0.05) is 26.2 Å². The topological polar surface area (TPSA) is 38.5 Å². The number of nitrogens with two attached hydrogens (primary N) is 1. The van der Waals surface area contributed by atoms with E-state index in [2.05, 4.69) is 11.8 Å². The molecule has 0 aromatic rings. The molecule has 2 N–H and O–H groups in total. The molecule has 1 aliphatic rings. The predicted octanol–water partition coefficient (Wildman–Crippen LogP) is 2.01. The van der Waals surface area contributed by atoms with E-state index in [1.807, 2.05) is 0 Å². The van der Waals surface area contributed by atoms with Gasteiger partial charge in [0.1, 0.15) is 0 Å². The van der Waals surface area contributed by atoms with Crippen LogP contribution in [0.2, 0.25) is 0 Å². The van der Waals surface area contributed by atoms with Crippen LogP contribution in [0.1, 0.15) is 45.4 Å². The first-order valence-corrected chi connectivity index (χ1v) is 6.90. The molecule has 0 atom stereocenters. The van der Waals surface area contributed by atoms with Crippen molar-refractivity contribution >= 4 is 0 Å². The van der Waals surface area contributed by atoms with Crippen LogP contribution >= 0.6 is 0 Å². The molecule has 96 valence electrons. The van der Waals surface area contributed by atoms with Crippen molar-refractivity contribution in [1.82, 2.24) is 4.90 Å². The van der Waals surface area contributed by atoms with Crippen LogP contribution in [0.25, 0.3) is 0 Å². The molecule has 0 amide bonds. The second-order valence-corrected chi connectivity index (χ2v) is 4.73. The molecule has 3 heteroatoms. The smallest absolute Gasteiger partial charge is 0.0593 e. The quantitative estimate of drug-likeness (QED) is 0.614. The molecule has 0 heterocycles. The number of ether oxygens (including phenoxy) is 1. The molecule has 1 saturated carbocycles. The van der Waals surface area contributed by atoms with Crippen LogP contribution < -0.4 is 5.73 Å². The molecule has 16 heavy (non-hydrogen) atoms. The molecule has 0 spiro atoms. The van der Waals surface area contributed by atoms with Gasteiger partial charge < -0.3 is 10.5 Å². The summed E-state index contributed by atoms with van der Waals surface area (Å²) in [4.78, 5) is 2.53. The Labute approximate surface area is 100 Å². The lowest BCUT2D eigenvalue weighted by molar-refractivity contribution is 0.0870. The number of unbranched alkanes of at least 4 members (excludes halogenated alkanes) is 1. The highest BCUT2D eigenvalue weighted by Gasteiger charge is 2.21. The Hall–Kier alpha value is -0.120. The maximum Gasteiger partial charge on any atom is 0.0593 e. The zero-order chi connectivity index (χ0) is 11.6. The second-order valence-electron chi connectivity index (χ2n) is 4.73. The van der Waals surface area contributed by atoms with E-state index in [9.17, 15) is 0 Å². The third-order valence-electron chi connectivity index (χ3n) is 3.42. The first kappa shape index (κ1) is 13.9. The highest BCUT2D eigenvalue weighted by Crippen LogP contribution is 2.22. The Morgan fingerprint density at radius 1 is 1.19 bits per heavy atom. The number of rotatable bonds is 9. The zero-order valence-corrected chi connectivity index (χ0v) is 10.8. The van der Waals surface area contributed by atoms with Gasteiger partial charge in [0.15, 0.2) is 0 Å². The van der Waals surface area contributed by atoms with Gasteiger partial charge in [-0.15, -0.1) is 0 Å². The van der Waals surface area contributed by atoms with Crippen LogP contribution in [0.5, 0.6) is 0 Å². The molecule has 0 aromatic heterocycles. The molecule has 1 rings (SSSR count). The summed E-state index contributed by atoms with van der Waals surface area (Å²) in [6, 6.07) is 0.776. The zero-order valence-electron chi connectivity index (χ0n) is 10.8. The fraction of sp³-hybridized carbons (Fsp3) is 1.00. The molecule has 0 bridgehead atoms. The van der Waals surface area contributed by atoms with Gasteiger partial charge in [0.25, 0.3) is 0 Å². The molecular formula is C13H28N2O. The number of hydrogen-bond acceptors (Lipinski definition) is 3. The lowest BCUT2D eigenvalue weighted by atomic mass is 10.2. The van der Waals surface area contributed by atoms with Gasteiger partial charge in [-0.2, -0.15) is 0 Å². The van der Waals surface area contributed by atoms with Crippen molar-refractivity contribution in [3.8, 4) is 0 Å². The van der Waals surface area contributed by atoms with Gasteiger partial charge in [0.05, 0.1) is 6.61 Å². The van der Waals surface area contributed by atoms with E-state index < -0.39 is 0 Å². The summed E-state index contributed by atoms with van der Waals surface area (Å²) in [5.74, 6) is 0. The van der Waals surface area contributed by atoms with Gasteiger partial charge in [-0.05, 0) is 19.3 Å². The fourth-order valence-electron chi connectivity index (χ4n) is 2.44. The van der Waals surface area contributed by atoms with Crippen molar-refractivity contribution in [3.05, 3.63) is 0 Å². The van der Waals surface area contributed by atoms with Gasteiger partial charge in [-0.3, -0.25) is 4.90 Å². The average Bonchev–Trinajstić information content (AvgIpc) is 2.81. The standard InChI is InChI=1S/C13H28N2O/c1-2-3-11-16-12-10-15(9-8-14)13-6-4-5-7-13/h13H,2-12,14H2,1H3. The summed E-state index contributed by atoms with van der Waals surface area (Å²) in [5, 5.41) is 0. The van der Waals surface area contributed by atoms with E-state index in [0.29, 0.717) is 0 Å². The van der Waals surface area contributed by atoms with Gasteiger partial charge in [0, 0.05) is 32.3 Å². The van der Waals surface area contributed by atoms with E-state index in [4.69, 9.17) is 10.5 Å². The van der Waals surface area contributed by atoms with E-state index in [1.54, 1.807) is 0 Å². The van der Waals surface area contributed by atoms with E-state index in [1.165, 1.54) is 38.5 Å². The van der Waals surface area contributed by atoms with Crippen LogP contribution in [0.15, 0.2) is 0 Å². The minimum absolute atomic E-state index is 0.769. The Balaban J connectivity index is 2.12. The Morgan fingerprint density at radius 2 is 1.94 bits per heavy atom. The molecule has 1 fully saturated rings. The van der Waals surface area contributed by atoms with Gasteiger partial charge in [-0.25, -0.2) is 0 Å². The van der Waals surface area contributed by atoms with Crippen molar-refractivity contribution in [2.45, 2.75) is 51.5 Å². The summed E-state index contributed by atoms with van der Waals surface area (Å²) in [5.41, 5.74) is 5.67. The normalized spacial score (nSPS) is 17.4. The summed E-state index contributed by atoms with van der Waals surface area (Å²) in [6.45, 7) is 6.84. The number of nitrogens with zero attached hydrogens (tertiary/aromatic N) is 1. The highest BCUT2D eigenvalue weighted by atomic mass is 16.5. The SMILES string of the molecule is CCCCOCCN(CCN)C1CCCC1. The van der Waals surface area contributed by atoms with E-state index in [-0.39, 0.29) is 0 Å². The maximum absolute atomic E-state index is 5.67. The molecule has 0 aromatic carbocycles. The van der Waals surface area contributed by atoms with E-state index in [0.717, 1.165) is 38.9 Å². The molecule has 0 unspecified atom stereocenters. The third-order valence-corrected chi connectivity index (χ3v) is 3.42. The van der Waals surface area contributed by atoms with Crippen molar-refractivity contribution in [2.75, 3.05) is 32.8 Å². The Kier molecular flexibility index (Phi) is 7.81. The first-order valence-electron chi connectivity index (χ1n) is 6.90. The summed E-state index contributed by atoms with van der Waals surface area (Å²) in [6.07, 6.45) is 7.89. The summed E-state index contributed by atoms with van der Waals surface area (Å²) < 4.78 is 5.63. The predicted molar refractivity (Wildman–Crippen MR) is 68.6 cm³/mol. The van der Waals surface area contributed by atoms with Crippen molar-refractivity contribution in [1.29, 1.82) is 0 Å². The van der Waals surface area contributed by atoms with Crippen molar-refractivity contribution < 1.29 is 4.74 Å². The summed E-state index contributed by atoms with van der Waals surface area (Å²) in [7, 11) is 0. The Bertz CT molecular complexity index is 158. The lowest BCUT2D eigenvalue weighted by Crippen LogP contribution is -2.39. The van der Waals surface area contributed by atoms with Crippen LogP contribution in [0, 0.1) is 0 Å². The molecule has 0 aliphatic heterocycles. The first-order chi connectivity index (χ1) is 7.88. The summed E-state index contributed by atoms with van der Waals surface area (Å²) >= 11 is 0. The van der Waals surface area contributed by atoms with Gasteiger partial charge >= 0.3 is 0 Å². The molecule has 3 nitrogen and oxygen atoms in total. The highest BCUT2D eigenvalue weighted by molar-refractivity contribution is 4.77. The van der Waals surface area contributed by atoms with E-state index >= 15 is 0 Å². The van der Waals surface area contributed by atoms with Crippen molar-refractivity contribution in [3.63, 3.8) is 0 Å². The van der Waals surface area contributed by atoms with Crippen molar-refractivity contribution in [2.24, 2.45) is 5.73 Å². The third kappa shape index (κ3) is 5.28. The monoisotopic (exact) mass is 228 g/mol. The Morgan fingerprint density at radius 3 is 2.56 bits per heavy atom. The second kappa shape index (κ2) is 8.97. The molecule has 0 radical (unpaired) electrons. The fourth-order valence-corrected chi connectivity index (χ4v) is 2.44. The maximum atomic E-state index is 5.67. The van der Waals surface area contributed by atoms with Crippen LogP contribution in [-0.4, -0.2) is 43.8 Å². The molecule has 0 saturated heterocycles. The largest absolute Gasteiger partial charge is 0.380 e. The minimum atomic E-state index is 0.769. The van der Waals surface area contributed by atoms with Crippen LogP contribution in [-0.2, 0) is 4.74 Å². The van der Waals surface area contributed by atoms with Crippen LogP contribution in [0.3, 0.4) is 0 Å². The average molecular weight is 228 g/mol. The molecule has 1 aliphatic carbocycles. The molecular weight excluding hydrogens is 200 g/mol.